The van der Waals surface area contributed by atoms with Crippen LogP contribution >= 0.6 is 11.8 Å². The minimum Gasteiger partial charge on any atom is -0.497 e. The number of methoxy groups -OCH3 is 1. The number of rotatable bonds is 5. The number of carbonyl (C=O) groups is 1. The van der Waals surface area contributed by atoms with Crippen molar-refractivity contribution in [3.05, 3.63) is 66.4 Å². The molecular formula is C20H17N5O2S. The summed E-state index contributed by atoms with van der Waals surface area (Å²) in [6.07, 6.45) is 3.54. The Hall–Kier alpha value is -3.39. The average Bonchev–Trinajstić information content (AvgIpc) is 3.35. The predicted molar refractivity (Wildman–Crippen MR) is 111 cm³/mol. The monoisotopic (exact) mass is 391 g/mol. The van der Waals surface area contributed by atoms with E-state index in [9.17, 15) is 4.79 Å². The zero-order valence-electron chi connectivity index (χ0n) is 15.1. The van der Waals surface area contributed by atoms with Gasteiger partial charge >= 0.3 is 0 Å². The molecule has 1 amide bonds. The molecule has 1 aromatic heterocycles. The van der Waals surface area contributed by atoms with Gasteiger partial charge in [-0.3, -0.25) is 4.79 Å². The maximum absolute atomic E-state index is 11.3. The molecule has 0 radical (unpaired) electrons. The Kier molecular flexibility index (Phi) is 5.20. The van der Waals surface area contributed by atoms with E-state index in [1.807, 2.05) is 60.8 Å². The van der Waals surface area contributed by atoms with Crippen LogP contribution in [0, 0.1) is 0 Å². The van der Waals surface area contributed by atoms with E-state index in [2.05, 4.69) is 15.5 Å². The molecule has 0 bridgehead atoms. The smallest absolute Gasteiger partial charge is 0.236 e. The minimum absolute atomic E-state index is 0.0604. The zero-order chi connectivity index (χ0) is 19.3. The van der Waals surface area contributed by atoms with E-state index in [1.54, 1.807) is 18.0 Å². The second-order valence-corrected chi connectivity index (χ2v) is 6.89. The summed E-state index contributed by atoms with van der Waals surface area (Å²) in [7, 11) is 1.64. The second kappa shape index (κ2) is 8.10. The molecule has 2 aromatic carbocycles. The molecule has 0 aliphatic carbocycles. The molecule has 3 aromatic rings. The number of carbonyl (C=O) groups excluding carboxylic acids is 1. The van der Waals surface area contributed by atoms with Crippen molar-refractivity contribution in [2.24, 2.45) is 10.2 Å². The third-order valence-corrected chi connectivity index (χ3v) is 4.92. The number of ether oxygens (including phenoxy) is 1. The Morgan fingerprint density at radius 3 is 2.64 bits per heavy atom. The van der Waals surface area contributed by atoms with Gasteiger partial charge in [-0.25, -0.2) is 4.68 Å². The number of aromatic nitrogens is 2. The summed E-state index contributed by atoms with van der Waals surface area (Å²) in [6, 6.07) is 17.5. The van der Waals surface area contributed by atoms with Gasteiger partial charge in [0.2, 0.25) is 5.91 Å². The summed E-state index contributed by atoms with van der Waals surface area (Å²) < 4.78 is 7.04. The number of nitrogens with zero attached hydrogens (tertiary/aromatic N) is 4. The largest absolute Gasteiger partial charge is 0.497 e. The Morgan fingerprint density at radius 2 is 1.96 bits per heavy atom. The molecule has 4 rings (SSSR count). The van der Waals surface area contributed by atoms with Gasteiger partial charge in [0.25, 0.3) is 0 Å². The van der Waals surface area contributed by atoms with Crippen LogP contribution in [0.15, 0.2) is 71.0 Å². The lowest BCUT2D eigenvalue weighted by Crippen LogP contribution is -2.19. The maximum Gasteiger partial charge on any atom is 0.236 e. The van der Waals surface area contributed by atoms with Gasteiger partial charge < -0.3 is 10.1 Å². The number of hydrogen-bond acceptors (Lipinski definition) is 6. The predicted octanol–water partition coefficient (Wildman–Crippen LogP) is 3.10. The van der Waals surface area contributed by atoms with Crippen molar-refractivity contribution in [1.82, 2.24) is 15.1 Å². The van der Waals surface area contributed by atoms with Crippen molar-refractivity contribution < 1.29 is 9.53 Å². The standard InChI is InChI=1S/C20H17N5O2S/c1-27-17-9-7-14(8-10-17)19-15(11-21-23-20-22-18(26)13-28-20)12-25(24-19)16-5-3-2-4-6-16/h2-12H,13H2,1H3,(H,22,23,26)/b21-11-. The number of amides is 1. The second-order valence-electron chi connectivity index (χ2n) is 5.93. The quantitative estimate of drug-likeness (QED) is 0.535. The summed E-state index contributed by atoms with van der Waals surface area (Å²) in [6.45, 7) is 0. The molecule has 0 saturated carbocycles. The van der Waals surface area contributed by atoms with Crippen molar-refractivity contribution in [3.63, 3.8) is 0 Å². The van der Waals surface area contributed by atoms with Crippen LogP contribution in [0.3, 0.4) is 0 Å². The van der Waals surface area contributed by atoms with E-state index in [0.717, 1.165) is 28.3 Å². The molecule has 1 aliphatic rings. The molecule has 1 aliphatic heterocycles. The van der Waals surface area contributed by atoms with Crippen molar-refractivity contribution in [3.8, 4) is 22.7 Å². The van der Waals surface area contributed by atoms with E-state index in [1.165, 1.54) is 11.8 Å². The van der Waals surface area contributed by atoms with Crippen LogP contribution in [-0.2, 0) is 4.79 Å². The molecule has 7 nitrogen and oxygen atoms in total. The van der Waals surface area contributed by atoms with Crippen LogP contribution < -0.4 is 10.1 Å². The first-order valence-corrected chi connectivity index (χ1v) is 9.55. The molecule has 0 atom stereocenters. The highest BCUT2D eigenvalue weighted by Gasteiger charge is 2.16. The summed E-state index contributed by atoms with van der Waals surface area (Å²) in [4.78, 5) is 11.3. The third kappa shape index (κ3) is 3.96. The number of nitrogens with one attached hydrogen (secondary N) is 1. The molecule has 28 heavy (non-hydrogen) atoms. The highest BCUT2D eigenvalue weighted by Crippen LogP contribution is 2.25. The summed E-state index contributed by atoms with van der Waals surface area (Å²) in [5, 5.41) is 16.1. The number of benzene rings is 2. The lowest BCUT2D eigenvalue weighted by molar-refractivity contribution is -0.116. The highest BCUT2D eigenvalue weighted by atomic mass is 32.2. The van der Waals surface area contributed by atoms with E-state index in [-0.39, 0.29) is 5.91 Å². The molecule has 2 heterocycles. The fraction of sp³-hybridized carbons (Fsp3) is 0.100. The highest BCUT2D eigenvalue weighted by molar-refractivity contribution is 8.15. The molecule has 8 heteroatoms. The summed E-state index contributed by atoms with van der Waals surface area (Å²) in [5.41, 5.74) is 3.47. The molecule has 0 spiro atoms. The van der Waals surface area contributed by atoms with Crippen molar-refractivity contribution in [2.45, 2.75) is 0 Å². The molecule has 1 saturated heterocycles. The first-order valence-electron chi connectivity index (χ1n) is 8.56. The van der Waals surface area contributed by atoms with Gasteiger partial charge in [0.15, 0.2) is 5.17 Å². The van der Waals surface area contributed by atoms with Crippen molar-refractivity contribution >= 4 is 29.1 Å². The van der Waals surface area contributed by atoms with Gasteiger partial charge in [0.05, 0.1) is 24.8 Å². The average molecular weight is 391 g/mol. The van der Waals surface area contributed by atoms with Crippen LogP contribution in [0.4, 0.5) is 0 Å². The van der Waals surface area contributed by atoms with Crippen LogP contribution in [0.5, 0.6) is 5.75 Å². The van der Waals surface area contributed by atoms with Gasteiger partial charge in [-0.2, -0.15) is 10.2 Å². The van der Waals surface area contributed by atoms with Crippen LogP contribution in [-0.4, -0.2) is 39.9 Å². The Morgan fingerprint density at radius 1 is 1.18 bits per heavy atom. The van der Waals surface area contributed by atoms with Crippen molar-refractivity contribution in [2.75, 3.05) is 12.9 Å². The first-order chi connectivity index (χ1) is 13.7. The molecule has 1 N–H and O–H groups in total. The number of para-hydroxylation sites is 1. The third-order valence-electron chi connectivity index (χ3n) is 4.06. The van der Waals surface area contributed by atoms with Crippen molar-refractivity contribution in [1.29, 1.82) is 0 Å². The molecule has 140 valence electrons. The SMILES string of the molecule is COc1ccc(-c2nn(-c3ccccc3)cc2/C=N\N=C2/NC(=O)CS2)cc1. The van der Waals surface area contributed by atoms with Crippen LogP contribution in [0.1, 0.15) is 5.56 Å². The van der Waals surface area contributed by atoms with Gasteiger partial charge in [-0.1, -0.05) is 30.0 Å². The van der Waals surface area contributed by atoms with Gasteiger partial charge in [-0.05, 0) is 36.4 Å². The Balaban J connectivity index is 1.70. The molecule has 0 unspecified atom stereocenters. The summed E-state index contributed by atoms with van der Waals surface area (Å²) in [5.74, 6) is 1.09. The van der Waals surface area contributed by atoms with Gasteiger partial charge in [-0.15, -0.1) is 5.10 Å². The topological polar surface area (TPSA) is 80.9 Å². The van der Waals surface area contributed by atoms with Gasteiger partial charge in [0.1, 0.15) is 11.4 Å². The first kappa shape index (κ1) is 18.0. The fourth-order valence-electron chi connectivity index (χ4n) is 2.69. The maximum atomic E-state index is 11.3. The lowest BCUT2D eigenvalue weighted by atomic mass is 10.1. The molecular weight excluding hydrogens is 374 g/mol. The summed E-state index contributed by atoms with van der Waals surface area (Å²) >= 11 is 1.33. The number of amidine groups is 1. The Bertz CT molecular complexity index is 1040. The van der Waals surface area contributed by atoms with Crippen LogP contribution in [0.2, 0.25) is 0 Å². The Labute approximate surface area is 166 Å². The van der Waals surface area contributed by atoms with E-state index >= 15 is 0 Å². The van der Waals surface area contributed by atoms with E-state index in [0.29, 0.717) is 10.9 Å². The minimum atomic E-state index is -0.0604. The fourth-order valence-corrected chi connectivity index (χ4v) is 3.32. The zero-order valence-corrected chi connectivity index (χ0v) is 15.9. The van der Waals surface area contributed by atoms with E-state index in [4.69, 9.17) is 9.84 Å². The van der Waals surface area contributed by atoms with Crippen LogP contribution in [0.25, 0.3) is 16.9 Å². The lowest BCUT2D eigenvalue weighted by Gasteiger charge is -2.02. The number of thioether (sulfide) groups is 1. The normalized spacial score (nSPS) is 15.3. The number of hydrogen-bond donors (Lipinski definition) is 1. The van der Waals surface area contributed by atoms with Gasteiger partial charge in [0, 0.05) is 17.3 Å². The van der Waals surface area contributed by atoms with E-state index < -0.39 is 0 Å². The molecule has 1 fully saturated rings.